The normalized spacial score (nSPS) is 20.1. The van der Waals surface area contributed by atoms with Crippen molar-refractivity contribution in [3.63, 3.8) is 0 Å². The molecule has 0 aliphatic carbocycles. The number of piperazine rings is 1. The van der Waals surface area contributed by atoms with E-state index in [4.69, 9.17) is 5.11 Å². The van der Waals surface area contributed by atoms with Crippen LogP contribution in [-0.2, 0) is 16.1 Å². The predicted molar refractivity (Wildman–Crippen MR) is 140 cm³/mol. The lowest BCUT2D eigenvalue weighted by Crippen LogP contribution is -2.73. The van der Waals surface area contributed by atoms with Crippen LogP contribution in [0.1, 0.15) is 81.6 Å². The molecular formula is C28H44N4O4. The minimum absolute atomic E-state index is 0.0119. The van der Waals surface area contributed by atoms with Gasteiger partial charge in [0.15, 0.2) is 0 Å². The van der Waals surface area contributed by atoms with Crippen LogP contribution in [0.3, 0.4) is 0 Å². The zero-order valence-corrected chi connectivity index (χ0v) is 22.2. The van der Waals surface area contributed by atoms with Crippen molar-refractivity contribution in [1.29, 1.82) is 0 Å². The van der Waals surface area contributed by atoms with Crippen LogP contribution in [0.2, 0.25) is 0 Å². The Morgan fingerprint density at radius 3 is 2.44 bits per heavy atom. The van der Waals surface area contributed by atoms with Gasteiger partial charge in [-0.05, 0) is 62.1 Å². The van der Waals surface area contributed by atoms with Gasteiger partial charge >= 0.3 is 0 Å². The van der Waals surface area contributed by atoms with E-state index in [0.717, 1.165) is 44.5 Å². The fraction of sp³-hybridized carbons (Fsp3) is 0.679. The van der Waals surface area contributed by atoms with Crippen LogP contribution in [0.4, 0.5) is 0 Å². The van der Waals surface area contributed by atoms with Gasteiger partial charge < -0.3 is 20.6 Å². The van der Waals surface area contributed by atoms with Gasteiger partial charge in [-0.15, -0.1) is 0 Å². The van der Waals surface area contributed by atoms with E-state index >= 15 is 0 Å². The molecule has 2 saturated heterocycles. The Morgan fingerprint density at radius 1 is 1.14 bits per heavy atom. The Morgan fingerprint density at radius 2 is 1.83 bits per heavy atom. The molecule has 1 spiro atoms. The van der Waals surface area contributed by atoms with Crippen molar-refractivity contribution in [2.75, 3.05) is 32.8 Å². The summed E-state index contributed by atoms with van der Waals surface area (Å²) in [7, 11) is 0. The minimum atomic E-state index is -0.742. The molecule has 200 valence electrons. The smallest absolute Gasteiger partial charge is 0.251 e. The van der Waals surface area contributed by atoms with Crippen LogP contribution >= 0.6 is 0 Å². The molecule has 0 saturated carbocycles. The van der Waals surface area contributed by atoms with E-state index in [2.05, 4.69) is 36.3 Å². The second kappa shape index (κ2) is 13.2. The average Bonchev–Trinajstić information content (AvgIpc) is 2.86. The standard InChI is InChI=1S/C28H44N4O4/c1-4-5-15-32-26(35)24(19-21(2)3)30-27(36)28(32)12-16-31(17-13-28)20-22-8-10-23(11-9-22)25(34)29-14-6-7-18-33/h8-11,21,24,33H,4-7,12-20H2,1-3H3,(H,29,34)(H,30,36). The van der Waals surface area contributed by atoms with E-state index in [-0.39, 0.29) is 24.3 Å². The number of rotatable bonds is 12. The second-order valence-electron chi connectivity index (χ2n) is 10.7. The van der Waals surface area contributed by atoms with Crippen LogP contribution in [0.25, 0.3) is 0 Å². The Hall–Kier alpha value is -2.45. The lowest BCUT2D eigenvalue weighted by Gasteiger charge is -2.52. The summed E-state index contributed by atoms with van der Waals surface area (Å²) in [5.74, 6) is 0.329. The molecule has 0 bridgehead atoms. The summed E-state index contributed by atoms with van der Waals surface area (Å²) in [6.07, 6.45) is 5.27. The molecule has 0 radical (unpaired) electrons. The largest absolute Gasteiger partial charge is 0.396 e. The number of benzene rings is 1. The number of carbonyl (C=O) groups is 3. The quantitative estimate of drug-likeness (QED) is 0.383. The Bertz CT molecular complexity index is 878. The van der Waals surface area contributed by atoms with Gasteiger partial charge in [-0.2, -0.15) is 0 Å². The number of aliphatic hydroxyl groups is 1. The number of hydrogen-bond acceptors (Lipinski definition) is 5. The Balaban J connectivity index is 1.59. The molecule has 1 atom stereocenters. The van der Waals surface area contributed by atoms with Gasteiger partial charge in [0.25, 0.3) is 5.91 Å². The van der Waals surface area contributed by atoms with Crippen LogP contribution in [0.15, 0.2) is 24.3 Å². The number of aliphatic hydroxyl groups excluding tert-OH is 1. The van der Waals surface area contributed by atoms with E-state index in [1.165, 1.54) is 0 Å². The number of nitrogens with one attached hydrogen (secondary N) is 2. The van der Waals surface area contributed by atoms with Crippen molar-refractivity contribution in [2.45, 2.75) is 83.8 Å². The number of piperidine rings is 1. The third kappa shape index (κ3) is 6.85. The number of hydrogen-bond donors (Lipinski definition) is 3. The van der Waals surface area contributed by atoms with Gasteiger partial charge in [-0.1, -0.05) is 39.3 Å². The zero-order valence-electron chi connectivity index (χ0n) is 22.2. The van der Waals surface area contributed by atoms with Crippen LogP contribution < -0.4 is 10.6 Å². The molecule has 2 heterocycles. The molecule has 3 N–H and O–H groups in total. The summed E-state index contributed by atoms with van der Waals surface area (Å²) in [4.78, 5) is 43.3. The summed E-state index contributed by atoms with van der Waals surface area (Å²) < 4.78 is 0. The molecule has 36 heavy (non-hydrogen) atoms. The molecule has 1 unspecified atom stereocenters. The highest BCUT2D eigenvalue weighted by atomic mass is 16.3. The molecule has 1 aromatic rings. The molecule has 8 heteroatoms. The first-order chi connectivity index (χ1) is 17.3. The summed E-state index contributed by atoms with van der Waals surface area (Å²) >= 11 is 0. The molecular weight excluding hydrogens is 456 g/mol. The van der Waals surface area contributed by atoms with Crippen molar-refractivity contribution in [3.8, 4) is 0 Å². The Kier molecular flexibility index (Phi) is 10.3. The monoisotopic (exact) mass is 500 g/mol. The maximum atomic E-state index is 13.4. The average molecular weight is 501 g/mol. The first kappa shape index (κ1) is 28.1. The third-order valence-electron chi connectivity index (χ3n) is 7.43. The van der Waals surface area contributed by atoms with Gasteiger partial charge in [0.2, 0.25) is 11.8 Å². The van der Waals surface area contributed by atoms with Crippen LogP contribution in [0, 0.1) is 5.92 Å². The topological polar surface area (TPSA) is 102 Å². The lowest BCUT2D eigenvalue weighted by atomic mass is 9.80. The van der Waals surface area contributed by atoms with E-state index < -0.39 is 11.6 Å². The SMILES string of the molecule is CCCCN1C(=O)C(CC(C)C)NC(=O)C12CCN(Cc1ccc(C(=O)NCCCCO)cc1)CC2. The van der Waals surface area contributed by atoms with Crippen molar-refractivity contribution in [3.05, 3.63) is 35.4 Å². The van der Waals surface area contributed by atoms with Gasteiger partial charge in [-0.25, -0.2) is 0 Å². The number of likely N-dealkylation sites (tertiary alicyclic amines) is 1. The molecule has 8 nitrogen and oxygen atoms in total. The van der Waals surface area contributed by atoms with Crippen molar-refractivity contribution in [1.82, 2.24) is 20.4 Å². The minimum Gasteiger partial charge on any atom is -0.396 e. The van der Waals surface area contributed by atoms with E-state index in [1.807, 2.05) is 29.2 Å². The molecule has 2 aliphatic heterocycles. The van der Waals surface area contributed by atoms with Gasteiger partial charge in [0.1, 0.15) is 11.6 Å². The Labute approximate surface area is 215 Å². The predicted octanol–water partition coefficient (Wildman–Crippen LogP) is 2.70. The highest BCUT2D eigenvalue weighted by Crippen LogP contribution is 2.34. The van der Waals surface area contributed by atoms with Gasteiger partial charge in [0, 0.05) is 44.9 Å². The number of carbonyl (C=O) groups excluding carboxylic acids is 3. The van der Waals surface area contributed by atoms with Gasteiger partial charge in [0.05, 0.1) is 0 Å². The van der Waals surface area contributed by atoms with Crippen molar-refractivity contribution < 1.29 is 19.5 Å². The maximum absolute atomic E-state index is 13.4. The van der Waals surface area contributed by atoms with Crippen LogP contribution in [0.5, 0.6) is 0 Å². The fourth-order valence-corrected chi connectivity index (χ4v) is 5.29. The molecule has 2 aliphatic rings. The summed E-state index contributed by atoms with van der Waals surface area (Å²) in [5.41, 5.74) is 1.00. The van der Waals surface area contributed by atoms with E-state index in [1.54, 1.807) is 0 Å². The van der Waals surface area contributed by atoms with E-state index in [9.17, 15) is 14.4 Å². The number of unbranched alkanes of at least 4 members (excludes halogenated alkanes) is 2. The summed E-state index contributed by atoms with van der Waals surface area (Å²) in [5, 5.41) is 14.8. The number of amides is 3. The van der Waals surface area contributed by atoms with Crippen molar-refractivity contribution >= 4 is 17.7 Å². The first-order valence-electron chi connectivity index (χ1n) is 13.6. The van der Waals surface area contributed by atoms with Gasteiger partial charge in [-0.3, -0.25) is 19.3 Å². The zero-order chi connectivity index (χ0) is 26.1. The molecule has 3 rings (SSSR count). The maximum Gasteiger partial charge on any atom is 0.251 e. The molecule has 3 amide bonds. The fourth-order valence-electron chi connectivity index (χ4n) is 5.29. The van der Waals surface area contributed by atoms with Crippen molar-refractivity contribution in [2.24, 2.45) is 5.92 Å². The summed E-state index contributed by atoms with van der Waals surface area (Å²) in [6.45, 7) is 9.83. The molecule has 1 aromatic carbocycles. The second-order valence-corrected chi connectivity index (χ2v) is 10.7. The first-order valence-corrected chi connectivity index (χ1v) is 13.6. The highest BCUT2D eigenvalue weighted by Gasteiger charge is 2.53. The lowest BCUT2D eigenvalue weighted by molar-refractivity contribution is -0.161. The number of nitrogens with zero attached hydrogens (tertiary/aromatic N) is 2. The molecule has 2 fully saturated rings. The highest BCUT2D eigenvalue weighted by molar-refractivity contribution is 6.00. The third-order valence-corrected chi connectivity index (χ3v) is 7.43. The summed E-state index contributed by atoms with van der Waals surface area (Å²) in [6, 6.07) is 7.23. The van der Waals surface area contributed by atoms with Crippen LogP contribution in [-0.4, -0.2) is 77.0 Å². The molecule has 0 aromatic heterocycles. The van der Waals surface area contributed by atoms with E-state index in [0.29, 0.717) is 50.3 Å².